The zero-order chi connectivity index (χ0) is 22.9. The van der Waals surface area contributed by atoms with Gasteiger partial charge in [-0.2, -0.15) is 52.7 Å². The highest BCUT2D eigenvalue weighted by atomic mass is 19.4. The average Bonchev–Trinajstić information content (AvgIpc) is 2.43. The maximum absolute atomic E-state index is 12.4. The zero-order valence-corrected chi connectivity index (χ0v) is 13.5. The van der Waals surface area contributed by atoms with Crippen LogP contribution in [0, 0.1) is 5.41 Å². The molecule has 0 heterocycles. The molecule has 0 aliphatic carbocycles. The first kappa shape index (κ1) is 26.1. The third kappa shape index (κ3) is 6.32. The Balaban J connectivity index is 5.81. The van der Waals surface area contributed by atoms with Crippen molar-refractivity contribution >= 4 is 11.9 Å². The van der Waals surface area contributed by atoms with Gasteiger partial charge in [0.05, 0.1) is 0 Å². The summed E-state index contributed by atoms with van der Waals surface area (Å²) in [5, 5.41) is 0. The summed E-state index contributed by atoms with van der Waals surface area (Å²) >= 11 is 0. The molecule has 0 spiro atoms. The predicted octanol–water partition coefficient (Wildman–Crippen LogP) is 4.48. The Hall–Kier alpha value is -1.90. The lowest BCUT2D eigenvalue weighted by Crippen LogP contribution is -2.52. The van der Waals surface area contributed by atoms with Gasteiger partial charge >= 0.3 is 36.6 Å². The third-order valence-electron chi connectivity index (χ3n) is 3.25. The van der Waals surface area contributed by atoms with Crippen LogP contribution in [0.25, 0.3) is 0 Å². The number of hydrogen-bond donors (Lipinski definition) is 0. The average molecular weight is 446 g/mol. The molecule has 0 saturated heterocycles. The van der Waals surface area contributed by atoms with Crippen molar-refractivity contribution in [3.8, 4) is 0 Å². The maximum atomic E-state index is 12.4. The Morgan fingerprint density at radius 2 is 0.857 bits per heavy atom. The summed E-state index contributed by atoms with van der Waals surface area (Å²) in [6, 6.07) is 0. The van der Waals surface area contributed by atoms with Crippen LogP contribution in [0.15, 0.2) is 0 Å². The van der Waals surface area contributed by atoms with Crippen molar-refractivity contribution in [1.82, 2.24) is 0 Å². The van der Waals surface area contributed by atoms with E-state index in [-0.39, 0.29) is 6.92 Å². The van der Waals surface area contributed by atoms with Gasteiger partial charge in [-0.25, -0.2) is 0 Å². The van der Waals surface area contributed by atoms with E-state index in [0.29, 0.717) is 6.92 Å². The fraction of sp³-hybridized carbons (Fsp3) is 0.833. The molecule has 0 saturated carbocycles. The van der Waals surface area contributed by atoms with Gasteiger partial charge in [0.2, 0.25) is 0 Å². The summed E-state index contributed by atoms with van der Waals surface area (Å²) in [7, 11) is 0. The summed E-state index contributed by atoms with van der Waals surface area (Å²) in [6.07, 6.45) is -35.6. The first-order valence-electron chi connectivity index (χ1n) is 6.77. The van der Waals surface area contributed by atoms with Crippen molar-refractivity contribution in [2.24, 2.45) is 5.41 Å². The molecule has 0 atom stereocenters. The van der Waals surface area contributed by atoms with Crippen molar-refractivity contribution in [1.29, 1.82) is 0 Å². The van der Waals surface area contributed by atoms with E-state index in [1.807, 2.05) is 0 Å². The second kappa shape index (κ2) is 7.85. The Morgan fingerprint density at radius 1 is 0.643 bits per heavy atom. The van der Waals surface area contributed by atoms with Crippen LogP contribution in [0.3, 0.4) is 0 Å². The molecule has 0 aromatic rings. The molecular formula is C12H10F12O4. The molecule has 166 valence electrons. The summed E-state index contributed by atoms with van der Waals surface area (Å²) in [5.74, 6) is -5.36. The molecule has 0 aromatic carbocycles. The van der Waals surface area contributed by atoms with Crippen LogP contribution in [-0.2, 0) is 19.1 Å². The van der Waals surface area contributed by atoms with Gasteiger partial charge in [-0.1, -0.05) is 6.92 Å². The number of ether oxygens (including phenoxy) is 2. The number of carbonyl (C=O) groups is 2. The molecule has 0 aliphatic heterocycles. The zero-order valence-electron chi connectivity index (χ0n) is 13.5. The first-order chi connectivity index (χ1) is 12.1. The van der Waals surface area contributed by atoms with Gasteiger partial charge in [-0.15, -0.1) is 0 Å². The van der Waals surface area contributed by atoms with Gasteiger partial charge in [0, 0.05) is 0 Å². The summed E-state index contributed by atoms with van der Waals surface area (Å²) in [6.45, 7) is 0.875. The number of hydrogen-bond acceptors (Lipinski definition) is 4. The molecule has 0 unspecified atom stereocenters. The molecule has 4 nitrogen and oxygen atoms in total. The van der Waals surface area contributed by atoms with Crippen LogP contribution < -0.4 is 0 Å². The SMILES string of the molecule is CCC(C)(C(=O)OC(C(F)(F)F)C(F)(F)F)C(=O)OC(C(F)(F)F)C(F)(F)F. The molecule has 28 heavy (non-hydrogen) atoms. The Morgan fingerprint density at radius 3 is 1.00 bits per heavy atom. The van der Waals surface area contributed by atoms with E-state index >= 15 is 0 Å². The summed E-state index contributed by atoms with van der Waals surface area (Å²) < 4.78 is 155. The van der Waals surface area contributed by atoms with E-state index in [9.17, 15) is 62.3 Å². The van der Waals surface area contributed by atoms with E-state index in [1.54, 1.807) is 0 Å². The number of carbonyl (C=O) groups excluding carboxylic acids is 2. The Labute approximate surface area is 147 Å². The van der Waals surface area contributed by atoms with Crippen LogP contribution in [0.1, 0.15) is 20.3 Å². The largest absolute Gasteiger partial charge is 0.442 e. The molecule has 0 radical (unpaired) electrons. The van der Waals surface area contributed by atoms with E-state index in [0.717, 1.165) is 0 Å². The number of halogens is 12. The van der Waals surface area contributed by atoms with Gasteiger partial charge in [0.1, 0.15) is 0 Å². The lowest BCUT2D eigenvalue weighted by molar-refractivity contribution is -0.320. The second-order valence-electron chi connectivity index (χ2n) is 5.42. The van der Waals surface area contributed by atoms with E-state index in [2.05, 4.69) is 9.47 Å². The van der Waals surface area contributed by atoms with Gasteiger partial charge in [0.25, 0.3) is 12.2 Å². The van der Waals surface area contributed by atoms with Crippen LogP contribution >= 0.6 is 0 Å². The molecule has 0 amide bonds. The number of rotatable bonds is 5. The first-order valence-corrected chi connectivity index (χ1v) is 6.77. The summed E-state index contributed by atoms with van der Waals surface area (Å²) in [5.41, 5.74) is -3.33. The van der Waals surface area contributed by atoms with Gasteiger partial charge in [-0.05, 0) is 13.3 Å². The highest BCUT2D eigenvalue weighted by Gasteiger charge is 2.63. The molecule has 0 aliphatic rings. The van der Waals surface area contributed by atoms with Crippen LogP contribution in [-0.4, -0.2) is 48.9 Å². The number of alkyl halides is 12. The van der Waals surface area contributed by atoms with E-state index in [1.165, 1.54) is 0 Å². The van der Waals surface area contributed by atoms with Gasteiger partial charge in [-0.3, -0.25) is 9.59 Å². The fourth-order valence-electron chi connectivity index (χ4n) is 1.48. The Kier molecular flexibility index (Phi) is 7.32. The lowest BCUT2D eigenvalue weighted by atomic mass is 9.87. The van der Waals surface area contributed by atoms with E-state index in [4.69, 9.17) is 0 Å². The van der Waals surface area contributed by atoms with Crippen molar-refractivity contribution in [2.75, 3.05) is 0 Å². The third-order valence-corrected chi connectivity index (χ3v) is 3.25. The number of esters is 2. The highest BCUT2D eigenvalue weighted by molar-refractivity contribution is 5.99. The van der Waals surface area contributed by atoms with Gasteiger partial charge in [0.15, 0.2) is 5.41 Å². The standard InChI is InChI=1S/C12H10F12O4/c1-3-8(2,6(25)27-4(9(13,14)15)10(16,17)18)7(26)28-5(11(19,20)21)12(22,23)24/h4-5H,3H2,1-2H3. The second-order valence-corrected chi connectivity index (χ2v) is 5.42. The molecule has 0 N–H and O–H groups in total. The van der Waals surface area contributed by atoms with Crippen LogP contribution in [0.4, 0.5) is 52.7 Å². The highest BCUT2D eigenvalue weighted by Crippen LogP contribution is 2.40. The predicted molar refractivity (Wildman–Crippen MR) is 62.4 cm³/mol. The Bertz CT molecular complexity index is 497. The minimum atomic E-state index is -6.23. The molecule has 0 aromatic heterocycles. The monoisotopic (exact) mass is 446 g/mol. The molecule has 0 rings (SSSR count). The quantitative estimate of drug-likeness (QED) is 0.355. The van der Waals surface area contributed by atoms with Crippen molar-refractivity contribution < 1.29 is 71.7 Å². The van der Waals surface area contributed by atoms with Crippen LogP contribution in [0.2, 0.25) is 0 Å². The molecule has 0 bridgehead atoms. The molecule has 16 heteroatoms. The van der Waals surface area contributed by atoms with Gasteiger partial charge < -0.3 is 9.47 Å². The smallest absolute Gasteiger partial charge is 0.434 e. The maximum Gasteiger partial charge on any atom is 0.434 e. The van der Waals surface area contributed by atoms with E-state index < -0.39 is 60.7 Å². The minimum absolute atomic E-state index is 0.172. The van der Waals surface area contributed by atoms with Crippen molar-refractivity contribution in [2.45, 2.75) is 57.2 Å². The topological polar surface area (TPSA) is 52.6 Å². The summed E-state index contributed by atoms with van der Waals surface area (Å²) in [4.78, 5) is 23.3. The minimum Gasteiger partial charge on any atom is -0.442 e. The van der Waals surface area contributed by atoms with Crippen LogP contribution in [0.5, 0.6) is 0 Å². The molecular weight excluding hydrogens is 436 g/mol. The molecule has 0 fully saturated rings. The lowest BCUT2D eigenvalue weighted by Gasteiger charge is -2.31. The van der Waals surface area contributed by atoms with Crippen molar-refractivity contribution in [3.05, 3.63) is 0 Å². The normalized spacial score (nSPS) is 14.4. The van der Waals surface area contributed by atoms with Crippen molar-refractivity contribution in [3.63, 3.8) is 0 Å². The fourth-order valence-corrected chi connectivity index (χ4v) is 1.48.